The standard InChI is InChI=1S/C15H21NO2/c1-10(2)16(11(3)4)15(17)14-13(18-14)12-8-6-5-7-9-12/h5-11,13-14H,1-4H3. The molecule has 1 aromatic rings. The van der Waals surface area contributed by atoms with E-state index in [0.29, 0.717) is 0 Å². The van der Waals surface area contributed by atoms with Gasteiger partial charge in [-0.3, -0.25) is 4.79 Å². The first kappa shape index (κ1) is 13.1. The fraction of sp³-hybridized carbons (Fsp3) is 0.533. The number of hydrogen-bond acceptors (Lipinski definition) is 2. The molecule has 98 valence electrons. The van der Waals surface area contributed by atoms with Gasteiger partial charge in [0.25, 0.3) is 5.91 Å². The van der Waals surface area contributed by atoms with Crippen LogP contribution in [0.25, 0.3) is 0 Å². The van der Waals surface area contributed by atoms with Crippen molar-refractivity contribution in [2.24, 2.45) is 0 Å². The number of rotatable bonds is 4. The zero-order valence-electron chi connectivity index (χ0n) is 11.5. The van der Waals surface area contributed by atoms with Gasteiger partial charge >= 0.3 is 0 Å². The van der Waals surface area contributed by atoms with E-state index in [2.05, 4.69) is 0 Å². The number of nitrogens with zero attached hydrogens (tertiary/aromatic N) is 1. The van der Waals surface area contributed by atoms with Crippen LogP contribution >= 0.6 is 0 Å². The van der Waals surface area contributed by atoms with Crippen molar-refractivity contribution >= 4 is 5.91 Å². The maximum atomic E-state index is 12.4. The van der Waals surface area contributed by atoms with Gasteiger partial charge in [0.05, 0.1) is 0 Å². The van der Waals surface area contributed by atoms with Gasteiger partial charge in [0.1, 0.15) is 6.10 Å². The predicted molar refractivity (Wildman–Crippen MR) is 71.2 cm³/mol. The summed E-state index contributed by atoms with van der Waals surface area (Å²) in [6, 6.07) is 10.3. The topological polar surface area (TPSA) is 32.8 Å². The van der Waals surface area contributed by atoms with Gasteiger partial charge in [0.15, 0.2) is 6.10 Å². The van der Waals surface area contributed by atoms with Gasteiger partial charge in [-0.2, -0.15) is 0 Å². The minimum atomic E-state index is -0.294. The zero-order valence-corrected chi connectivity index (χ0v) is 11.5. The summed E-state index contributed by atoms with van der Waals surface area (Å²) in [6.45, 7) is 8.16. The van der Waals surface area contributed by atoms with E-state index >= 15 is 0 Å². The van der Waals surface area contributed by atoms with Crippen molar-refractivity contribution < 1.29 is 9.53 Å². The van der Waals surface area contributed by atoms with Crippen LogP contribution in [0.4, 0.5) is 0 Å². The third-order valence-electron chi connectivity index (χ3n) is 3.23. The number of hydrogen-bond donors (Lipinski definition) is 0. The van der Waals surface area contributed by atoms with Crippen LogP contribution in [0.15, 0.2) is 30.3 Å². The van der Waals surface area contributed by atoms with Gasteiger partial charge in [-0.15, -0.1) is 0 Å². The molecule has 0 bridgehead atoms. The highest BCUT2D eigenvalue weighted by Gasteiger charge is 2.48. The predicted octanol–water partition coefficient (Wildman–Crippen LogP) is 2.77. The van der Waals surface area contributed by atoms with Crippen molar-refractivity contribution in [2.75, 3.05) is 0 Å². The van der Waals surface area contributed by atoms with Crippen molar-refractivity contribution in [2.45, 2.75) is 52.0 Å². The van der Waals surface area contributed by atoms with Crippen LogP contribution in [0, 0.1) is 0 Å². The molecule has 3 heteroatoms. The highest BCUT2D eigenvalue weighted by molar-refractivity contribution is 5.84. The molecule has 0 N–H and O–H groups in total. The molecule has 3 nitrogen and oxygen atoms in total. The molecular weight excluding hydrogens is 226 g/mol. The first-order valence-electron chi connectivity index (χ1n) is 6.55. The summed E-state index contributed by atoms with van der Waals surface area (Å²) < 4.78 is 5.55. The minimum Gasteiger partial charge on any atom is -0.354 e. The Bertz CT molecular complexity index is 406. The Kier molecular flexibility index (Phi) is 3.71. The highest BCUT2D eigenvalue weighted by Crippen LogP contribution is 2.40. The number of ether oxygens (including phenoxy) is 1. The van der Waals surface area contributed by atoms with Gasteiger partial charge < -0.3 is 9.64 Å². The molecule has 0 aromatic heterocycles. The lowest BCUT2D eigenvalue weighted by Crippen LogP contribution is -2.44. The molecule has 2 rings (SSSR count). The van der Waals surface area contributed by atoms with Crippen molar-refractivity contribution in [3.63, 3.8) is 0 Å². The van der Waals surface area contributed by atoms with Crippen LogP contribution in [0.5, 0.6) is 0 Å². The summed E-state index contributed by atoms with van der Waals surface area (Å²) in [5.74, 6) is 0.105. The summed E-state index contributed by atoms with van der Waals surface area (Å²) in [7, 11) is 0. The van der Waals surface area contributed by atoms with E-state index in [9.17, 15) is 4.79 Å². The normalized spacial score (nSPS) is 22.3. The largest absolute Gasteiger partial charge is 0.354 e. The molecule has 1 heterocycles. The number of carbonyl (C=O) groups excluding carboxylic acids is 1. The van der Waals surface area contributed by atoms with E-state index in [1.807, 2.05) is 62.9 Å². The Morgan fingerprint density at radius 2 is 1.67 bits per heavy atom. The molecular formula is C15H21NO2. The van der Waals surface area contributed by atoms with Crippen molar-refractivity contribution in [1.29, 1.82) is 0 Å². The molecule has 0 saturated carbocycles. The second-order valence-corrected chi connectivity index (χ2v) is 5.32. The second-order valence-electron chi connectivity index (χ2n) is 5.32. The zero-order chi connectivity index (χ0) is 13.3. The molecule has 1 aliphatic heterocycles. The smallest absolute Gasteiger partial charge is 0.255 e. The molecule has 1 amide bonds. The molecule has 0 spiro atoms. The van der Waals surface area contributed by atoms with Gasteiger partial charge in [-0.1, -0.05) is 30.3 Å². The second kappa shape index (κ2) is 5.11. The van der Waals surface area contributed by atoms with Crippen LogP contribution in [0.1, 0.15) is 39.4 Å². The fourth-order valence-corrected chi connectivity index (χ4v) is 2.45. The van der Waals surface area contributed by atoms with Gasteiger partial charge in [-0.05, 0) is 33.3 Å². The van der Waals surface area contributed by atoms with Crippen molar-refractivity contribution in [3.05, 3.63) is 35.9 Å². The molecule has 1 aromatic carbocycles. The van der Waals surface area contributed by atoms with Crippen LogP contribution < -0.4 is 0 Å². The maximum absolute atomic E-state index is 12.4. The molecule has 0 aliphatic carbocycles. The Morgan fingerprint density at radius 1 is 1.11 bits per heavy atom. The molecule has 1 aliphatic rings. The van der Waals surface area contributed by atoms with E-state index in [-0.39, 0.29) is 30.2 Å². The van der Waals surface area contributed by atoms with E-state index in [1.54, 1.807) is 0 Å². The summed E-state index contributed by atoms with van der Waals surface area (Å²) in [5, 5.41) is 0. The molecule has 18 heavy (non-hydrogen) atoms. The monoisotopic (exact) mass is 247 g/mol. The number of carbonyl (C=O) groups is 1. The first-order valence-corrected chi connectivity index (χ1v) is 6.55. The van der Waals surface area contributed by atoms with Crippen LogP contribution in [0.2, 0.25) is 0 Å². The van der Waals surface area contributed by atoms with E-state index in [0.717, 1.165) is 5.56 Å². The van der Waals surface area contributed by atoms with E-state index < -0.39 is 0 Å². The Morgan fingerprint density at radius 3 is 2.17 bits per heavy atom. The molecule has 2 atom stereocenters. The SMILES string of the molecule is CC(C)N(C(=O)C1OC1c1ccccc1)C(C)C. The number of amides is 1. The summed E-state index contributed by atoms with van der Waals surface area (Å²) in [4.78, 5) is 14.3. The van der Waals surface area contributed by atoms with Crippen molar-refractivity contribution in [1.82, 2.24) is 4.90 Å². The Balaban J connectivity index is 2.05. The third kappa shape index (κ3) is 2.56. The first-order chi connectivity index (χ1) is 8.52. The molecule has 1 fully saturated rings. The summed E-state index contributed by atoms with van der Waals surface area (Å²) in [5.41, 5.74) is 1.09. The van der Waals surface area contributed by atoms with Crippen LogP contribution in [-0.4, -0.2) is 29.0 Å². The summed E-state index contributed by atoms with van der Waals surface area (Å²) >= 11 is 0. The Labute approximate surface area is 109 Å². The van der Waals surface area contributed by atoms with Crippen LogP contribution in [0.3, 0.4) is 0 Å². The summed E-state index contributed by atoms with van der Waals surface area (Å²) in [6.07, 6.45) is -0.351. The maximum Gasteiger partial charge on any atom is 0.255 e. The van der Waals surface area contributed by atoms with Crippen LogP contribution in [-0.2, 0) is 9.53 Å². The minimum absolute atomic E-state index is 0.0568. The third-order valence-corrected chi connectivity index (χ3v) is 3.23. The lowest BCUT2D eigenvalue weighted by molar-refractivity contribution is -0.136. The fourth-order valence-electron chi connectivity index (χ4n) is 2.45. The lowest BCUT2D eigenvalue weighted by Gasteiger charge is -2.30. The quantitative estimate of drug-likeness (QED) is 0.766. The Hall–Kier alpha value is -1.35. The number of epoxide rings is 1. The molecule has 1 saturated heterocycles. The van der Waals surface area contributed by atoms with Gasteiger partial charge in [0.2, 0.25) is 0 Å². The van der Waals surface area contributed by atoms with Gasteiger partial charge in [-0.25, -0.2) is 0 Å². The molecule has 0 radical (unpaired) electrons. The number of benzene rings is 1. The molecule has 2 unspecified atom stereocenters. The lowest BCUT2D eigenvalue weighted by atomic mass is 10.1. The van der Waals surface area contributed by atoms with Gasteiger partial charge in [0, 0.05) is 12.1 Å². The highest BCUT2D eigenvalue weighted by atomic mass is 16.6. The van der Waals surface area contributed by atoms with E-state index in [4.69, 9.17) is 4.74 Å². The average molecular weight is 247 g/mol. The van der Waals surface area contributed by atoms with E-state index in [1.165, 1.54) is 0 Å². The average Bonchev–Trinajstić information content (AvgIpc) is 3.09. The van der Waals surface area contributed by atoms with Crippen molar-refractivity contribution in [3.8, 4) is 0 Å².